The highest BCUT2D eigenvalue weighted by molar-refractivity contribution is 5.83. The molecule has 0 saturated heterocycles. The summed E-state index contributed by atoms with van der Waals surface area (Å²) in [7, 11) is 1.77. The number of anilines is 1. The Balaban J connectivity index is 1.81. The Kier molecular flexibility index (Phi) is 4.11. The maximum Gasteiger partial charge on any atom is 0.409 e. The maximum absolute atomic E-state index is 13.8. The highest BCUT2D eigenvalue weighted by Crippen LogP contribution is 2.28. The van der Waals surface area contributed by atoms with Crippen LogP contribution in [-0.4, -0.2) is 26.2 Å². The molecule has 1 amide bonds. The number of halogens is 1. The molecule has 0 unspecified atom stereocenters. The van der Waals surface area contributed by atoms with Gasteiger partial charge in [0.2, 0.25) is 0 Å². The van der Waals surface area contributed by atoms with Crippen LogP contribution in [-0.2, 0) is 7.05 Å². The fraction of sp³-hybridized carbons (Fsp3) is 0.0625. The second-order valence-corrected chi connectivity index (χ2v) is 4.98. The van der Waals surface area contributed by atoms with Crippen LogP contribution < -0.4 is 10.1 Å². The van der Waals surface area contributed by atoms with E-state index in [2.05, 4.69) is 10.3 Å². The van der Waals surface area contributed by atoms with Crippen LogP contribution in [0.4, 0.5) is 14.9 Å². The fourth-order valence-corrected chi connectivity index (χ4v) is 2.11. The first-order chi connectivity index (χ1) is 11.5. The van der Waals surface area contributed by atoms with Crippen LogP contribution in [0.15, 0.2) is 48.7 Å². The molecule has 0 spiro atoms. The third kappa shape index (κ3) is 3.49. The molecule has 0 aliphatic heterocycles. The van der Waals surface area contributed by atoms with E-state index < -0.39 is 11.9 Å². The van der Waals surface area contributed by atoms with Crippen molar-refractivity contribution in [2.24, 2.45) is 7.05 Å². The third-order valence-electron chi connectivity index (χ3n) is 3.15. The Morgan fingerprint density at radius 2 is 2.04 bits per heavy atom. The van der Waals surface area contributed by atoms with Crippen molar-refractivity contribution in [2.75, 3.05) is 5.32 Å². The Bertz CT molecular complexity index is 895. The average Bonchev–Trinajstić information content (AvgIpc) is 2.97. The summed E-state index contributed by atoms with van der Waals surface area (Å²) in [6, 6.07) is 11.0. The molecular formula is C16H13FN4O3. The van der Waals surface area contributed by atoms with Crippen LogP contribution in [0.5, 0.6) is 11.5 Å². The average molecular weight is 328 g/mol. The lowest BCUT2D eigenvalue weighted by Crippen LogP contribution is -2.08. The van der Waals surface area contributed by atoms with E-state index in [-0.39, 0.29) is 11.4 Å². The van der Waals surface area contributed by atoms with Gasteiger partial charge in [0.05, 0.1) is 11.9 Å². The van der Waals surface area contributed by atoms with Crippen molar-refractivity contribution >= 4 is 11.8 Å². The first-order valence-electron chi connectivity index (χ1n) is 6.95. The summed E-state index contributed by atoms with van der Waals surface area (Å²) < 4.78 is 21.0. The lowest BCUT2D eigenvalue weighted by molar-refractivity contribution is 0.209. The molecule has 2 aromatic carbocycles. The fourth-order valence-electron chi connectivity index (χ4n) is 2.11. The molecule has 0 bridgehead atoms. The van der Waals surface area contributed by atoms with E-state index in [4.69, 9.17) is 9.84 Å². The highest BCUT2D eigenvalue weighted by atomic mass is 19.1. The Morgan fingerprint density at radius 1 is 1.25 bits per heavy atom. The van der Waals surface area contributed by atoms with Gasteiger partial charge < -0.3 is 9.84 Å². The molecular weight excluding hydrogens is 315 g/mol. The number of carboxylic acid groups (broad SMARTS) is 1. The molecule has 0 aliphatic carbocycles. The van der Waals surface area contributed by atoms with Crippen LogP contribution >= 0.6 is 0 Å². The first kappa shape index (κ1) is 15.5. The molecule has 0 radical (unpaired) electrons. The first-order valence-corrected chi connectivity index (χ1v) is 6.95. The normalized spacial score (nSPS) is 10.4. The number of aryl methyl sites for hydroxylation is 1. The van der Waals surface area contributed by atoms with Crippen molar-refractivity contribution in [3.05, 3.63) is 54.5 Å². The zero-order valence-corrected chi connectivity index (χ0v) is 12.6. The van der Waals surface area contributed by atoms with Gasteiger partial charge in [-0.2, -0.15) is 0 Å². The highest BCUT2D eigenvalue weighted by Gasteiger charge is 2.09. The van der Waals surface area contributed by atoms with Gasteiger partial charge in [-0.25, -0.2) is 9.18 Å². The third-order valence-corrected chi connectivity index (χ3v) is 3.15. The smallest absolute Gasteiger partial charge is 0.409 e. The second-order valence-electron chi connectivity index (χ2n) is 4.98. The van der Waals surface area contributed by atoms with Crippen molar-refractivity contribution in [2.45, 2.75) is 0 Å². The minimum absolute atomic E-state index is 0.136. The molecule has 0 aliphatic rings. The number of ether oxygens (including phenoxy) is 1. The van der Waals surface area contributed by atoms with E-state index in [9.17, 15) is 9.18 Å². The molecule has 0 atom stereocenters. The van der Waals surface area contributed by atoms with E-state index in [1.165, 1.54) is 12.1 Å². The zero-order valence-electron chi connectivity index (χ0n) is 12.6. The monoisotopic (exact) mass is 328 g/mol. The maximum atomic E-state index is 13.8. The largest absolute Gasteiger partial charge is 0.465 e. The summed E-state index contributed by atoms with van der Waals surface area (Å²) in [4.78, 5) is 10.5. The number of amides is 1. The predicted molar refractivity (Wildman–Crippen MR) is 84.6 cm³/mol. The molecule has 8 heteroatoms. The number of rotatable bonds is 4. The summed E-state index contributed by atoms with van der Waals surface area (Å²) in [6.45, 7) is 0. The lowest BCUT2D eigenvalue weighted by Gasteiger charge is -2.09. The van der Waals surface area contributed by atoms with E-state index in [1.54, 1.807) is 36.1 Å². The van der Waals surface area contributed by atoms with E-state index in [0.29, 0.717) is 11.4 Å². The molecule has 122 valence electrons. The molecule has 1 heterocycles. The summed E-state index contributed by atoms with van der Waals surface area (Å²) >= 11 is 0. The van der Waals surface area contributed by atoms with Crippen molar-refractivity contribution in [1.82, 2.24) is 15.0 Å². The van der Waals surface area contributed by atoms with Crippen LogP contribution in [0.2, 0.25) is 0 Å². The van der Waals surface area contributed by atoms with Crippen molar-refractivity contribution < 1.29 is 19.0 Å². The zero-order chi connectivity index (χ0) is 17.1. The van der Waals surface area contributed by atoms with E-state index in [0.717, 1.165) is 11.6 Å². The minimum atomic E-state index is -1.33. The van der Waals surface area contributed by atoms with Crippen LogP contribution in [0.3, 0.4) is 0 Å². The van der Waals surface area contributed by atoms with Gasteiger partial charge >= 0.3 is 6.09 Å². The number of carbonyl (C=O) groups is 1. The number of hydrogen-bond acceptors (Lipinski definition) is 4. The molecule has 0 saturated carbocycles. The number of aromatic nitrogens is 3. The Hall–Kier alpha value is -3.42. The molecule has 0 fully saturated rings. The standard InChI is InChI=1S/C16H13FN4O3/c1-21-9-15(19-20-21)10-3-2-4-11(7-10)24-12-5-6-14(13(17)8-12)18-16(22)23/h2-9,18H,1H3,(H,22,23). The molecule has 24 heavy (non-hydrogen) atoms. The molecule has 3 rings (SSSR count). The van der Waals surface area contributed by atoms with E-state index in [1.807, 2.05) is 11.4 Å². The summed E-state index contributed by atoms with van der Waals surface area (Å²) in [5, 5.41) is 18.5. The Morgan fingerprint density at radius 3 is 2.71 bits per heavy atom. The van der Waals surface area contributed by atoms with Crippen LogP contribution in [0.25, 0.3) is 11.3 Å². The summed E-state index contributed by atoms with van der Waals surface area (Å²) in [6.07, 6.45) is 0.435. The quantitative estimate of drug-likeness (QED) is 0.765. The predicted octanol–water partition coefficient (Wildman–Crippen LogP) is 3.50. The molecule has 7 nitrogen and oxygen atoms in total. The van der Waals surface area contributed by atoms with Gasteiger partial charge in [0.25, 0.3) is 0 Å². The minimum Gasteiger partial charge on any atom is -0.465 e. The van der Waals surface area contributed by atoms with Gasteiger partial charge in [0.15, 0.2) is 5.82 Å². The molecule has 3 aromatic rings. The van der Waals surface area contributed by atoms with Crippen molar-refractivity contribution in [1.29, 1.82) is 0 Å². The lowest BCUT2D eigenvalue weighted by atomic mass is 10.1. The van der Waals surface area contributed by atoms with Gasteiger partial charge in [-0.1, -0.05) is 17.3 Å². The topological polar surface area (TPSA) is 89.3 Å². The SMILES string of the molecule is Cn1cc(-c2cccc(Oc3ccc(NC(=O)O)c(F)c3)c2)nn1. The van der Waals surface area contributed by atoms with E-state index >= 15 is 0 Å². The number of nitrogens with zero attached hydrogens (tertiary/aromatic N) is 3. The molecule has 2 N–H and O–H groups in total. The van der Waals surface area contributed by atoms with Crippen molar-refractivity contribution in [3.63, 3.8) is 0 Å². The Labute approximate surface area is 136 Å². The van der Waals surface area contributed by atoms with Crippen molar-refractivity contribution in [3.8, 4) is 22.8 Å². The number of hydrogen-bond donors (Lipinski definition) is 2. The summed E-state index contributed by atoms with van der Waals surface area (Å²) in [5.41, 5.74) is 1.36. The van der Waals surface area contributed by atoms with Crippen LogP contribution in [0, 0.1) is 5.82 Å². The van der Waals surface area contributed by atoms with Crippen LogP contribution in [0.1, 0.15) is 0 Å². The van der Waals surface area contributed by atoms with Gasteiger partial charge in [-0.05, 0) is 24.3 Å². The number of nitrogens with one attached hydrogen (secondary N) is 1. The summed E-state index contributed by atoms with van der Waals surface area (Å²) in [5.74, 6) is 0.0243. The van der Waals surface area contributed by atoms with Gasteiger partial charge in [-0.3, -0.25) is 10.00 Å². The van der Waals surface area contributed by atoms with Gasteiger partial charge in [0.1, 0.15) is 17.2 Å². The second kappa shape index (κ2) is 6.37. The van der Waals surface area contributed by atoms with Gasteiger partial charge in [-0.15, -0.1) is 5.10 Å². The number of benzene rings is 2. The van der Waals surface area contributed by atoms with Gasteiger partial charge in [0, 0.05) is 18.7 Å². The molecule has 1 aromatic heterocycles.